The zero-order chi connectivity index (χ0) is 10.4. The second-order valence-electron chi connectivity index (χ2n) is 3.37. The van der Waals surface area contributed by atoms with Gasteiger partial charge in [-0.15, -0.1) is 0 Å². The molecule has 5 heteroatoms. The van der Waals surface area contributed by atoms with Gasteiger partial charge in [0.1, 0.15) is 0 Å². The van der Waals surface area contributed by atoms with E-state index >= 15 is 0 Å². The topological polar surface area (TPSA) is 95.6 Å². The number of nitrogens with two attached hydrogens (primary N) is 1. The number of hydrogen-bond donors (Lipinski definition) is 4. The van der Waals surface area contributed by atoms with E-state index in [1.807, 2.05) is 13.8 Å². The predicted molar refractivity (Wildman–Crippen MR) is 48.9 cm³/mol. The van der Waals surface area contributed by atoms with Crippen LogP contribution < -0.4 is 11.1 Å². The Morgan fingerprint density at radius 2 is 2.08 bits per heavy atom. The molecule has 0 bridgehead atoms. The van der Waals surface area contributed by atoms with Crippen LogP contribution in [0.4, 0.5) is 0 Å². The van der Waals surface area contributed by atoms with Gasteiger partial charge >= 0.3 is 0 Å². The lowest BCUT2D eigenvalue weighted by Crippen LogP contribution is -2.48. The summed E-state index contributed by atoms with van der Waals surface area (Å²) < 4.78 is 0. The SMILES string of the molecule is CC(C)C(NC[C@H](O)CO)C(N)=O. The molecule has 1 amide bonds. The number of carbonyl (C=O) groups is 1. The Bertz CT molecular complexity index is 161. The van der Waals surface area contributed by atoms with Crippen LogP contribution in [0.15, 0.2) is 0 Å². The first-order valence-electron chi connectivity index (χ1n) is 4.30. The van der Waals surface area contributed by atoms with Crippen LogP contribution in [0.2, 0.25) is 0 Å². The zero-order valence-electron chi connectivity index (χ0n) is 8.03. The van der Waals surface area contributed by atoms with Crippen molar-refractivity contribution in [1.29, 1.82) is 0 Å². The van der Waals surface area contributed by atoms with Crippen molar-refractivity contribution in [1.82, 2.24) is 5.32 Å². The maximum Gasteiger partial charge on any atom is 0.234 e. The first kappa shape index (κ1) is 12.3. The molecule has 13 heavy (non-hydrogen) atoms. The van der Waals surface area contributed by atoms with Crippen molar-refractivity contribution >= 4 is 5.91 Å². The summed E-state index contributed by atoms with van der Waals surface area (Å²) in [5, 5.41) is 20.3. The Kier molecular flexibility index (Phi) is 5.61. The van der Waals surface area contributed by atoms with Gasteiger partial charge in [-0.05, 0) is 5.92 Å². The van der Waals surface area contributed by atoms with Gasteiger partial charge in [0.25, 0.3) is 0 Å². The molecule has 0 aromatic carbocycles. The number of nitrogens with one attached hydrogen (secondary N) is 1. The number of carbonyl (C=O) groups excluding carboxylic acids is 1. The molecule has 5 nitrogen and oxygen atoms in total. The van der Waals surface area contributed by atoms with Crippen molar-refractivity contribution in [3.05, 3.63) is 0 Å². The molecule has 0 aliphatic carbocycles. The smallest absolute Gasteiger partial charge is 0.234 e. The molecule has 0 saturated heterocycles. The lowest BCUT2D eigenvalue weighted by molar-refractivity contribution is -0.121. The highest BCUT2D eigenvalue weighted by Gasteiger charge is 2.19. The van der Waals surface area contributed by atoms with Gasteiger partial charge in [0, 0.05) is 6.54 Å². The fourth-order valence-electron chi connectivity index (χ4n) is 0.992. The highest BCUT2D eigenvalue weighted by atomic mass is 16.3. The van der Waals surface area contributed by atoms with E-state index in [9.17, 15) is 4.79 Å². The van der Waals surface area contributed by atoms with E-state index in [0.29, 0.717) is 0 Å². The van der Waals surface area contributed by atoms with Gasteiger partial charge < -0.3 is 21.3 Å². The highest BCUT2D eigenvalue weighted by Crippen LogP contribution is 2.00. The molecule has 0 rings (SSSR count). The van der Waals surface area contributed by atoms with Crippen molar-refractivity contribution < 1.29 is 15.0 Å². The highest BCUT2D eigenvalue weighted by molar-refractivity contribution is 5.80. The largest absolute Gasteiger partial charge is 0.394 e. The summed E-state index contributed by atoms with van der Waals surface area (Å²) in [5.41, 5.74) is 5.12. The molecule has 0 saturated carbocycles. The fourth-order valence-corrected chi connectivity index (χ4v) is 0.992. The van der Waals surface area contributed by atoms with Crippen LogP contribution in [0.5, 0.6) is 0 Å². The van der Waals surface area contributed by atoms with E-state index in [4.69, 9.17) is 15.9 Å². The van der Waals surface area contributed by atoms with Crippen LogP contribution in [-0.4, -0.2) is 41.4 Å². The summed E-state index contributed by atoms with van der Waals surface area (Å²) in [6.07, 6.45) is -0.847. The van der Waals surface area contributed by atoms with Crippen molar-refractivity contribution in [2.75, 3.05) is 13.2 Å². The number of amides is 1. The summed E-state index contributed by atoms with van der Waals surface area (Å²) >= 11 is 0. The Morgan fingerprint density at radius 3 is 2.38 bits per heavy atom. The number of rotatable bonds is 6. The van der Waals surface area contributed by atoms with Gasteiger partial charge in [-0.3, -0.25) is 4.79 Å². The van der Waals surface area contributed by atoms with E-state index in [2.05, 4.69) is 5.32 Å². The lowest BCUT2D eigenvalue weighted by Gasteiger charge is -2.20. The Hall–Kier alpha value is -0.650. The van der Waals surface area contributed by atoms with Crippen LogP contribution in [-0.2, 0) is 4.79 Å². The van der Waals surface area contributed by atoms with Gasteiger partial charge in [0.05, 0.1) is 18.8 Å². The van der Waals surface area contributed by atoms with Gasteiger partial charge in [-0.2, -0.15) is 0 Å². The maximum atomic E-state index is 10.9. The third-order valence-corrected chi connectivity index (χ3v) is 1.76. The average Bonchev–Trinajstić information content (AvgIpc) is 2.03. The van der Waals surface area contributed by atoms with Crippen molar-refractivity contribution in [2.24, 2.45) is 11.7 Å². The monoisotopic (exact) mass is 190 g/mol. The van der Waals surface area contributed by atoms with Gasteiger partial charge in [-0.1, -0.05) is 13.8 Å². The standard InChI is InChI=1S/C8H18N2O3/c1-5(2)7(8(9)13)10-3-6(12)4-11/h5-7,10-12H,3-4H2,1-2H3,(H2,9,13)/t6-,7?/m0/s1. The Morgan fingerprint density at radius 1 is 1.54 bits per heavy atom. The third-order valence-electron chi connectivity index (χ3n) is 1.76. The summed E-state index contributed by atoms with van der Waals surface area (Å²) in [6.45, 7) is 3.56. The molecular formula is C8H18N2O3. The van der Waals surface area contributed by atoms with E-state index < -0.39 is 18.1 Å². The van der Waals surface area contributed by atoms with Gasteiger partial charge in [0.2, 0.25) is 5.91 Å². The van der Waals surface area contributed by atoms with Crippen LogP contribution in [0.3, 0.4) is 0 Å². The molecule has 0 aromatic heterocycles. The van der Waals surface area contributed by atoms with Crippen molar-refractivity contribution in [3.63, 3.8) is 0 Å². The normalized spacial score (nSPS) is 15.8. The van der Waals surface area contributed by atoms with E-state index in [1.165, 1.54) is 0 Å². The van der Waals surface area contributed by atoms with Gasteiger partial charge in [0.15, 0.2) is 0 Å². The molecule has 0 heterocycles. The maximum absolute atomic E-state index is 10.9. The van der Waals surface area contributed by atoms with Crippen LogP contribution in [0.25, 0.3) is 0 Å². The molecule has 1 unspecified atom stereocenters. The molecular weight excluding hydrogens is 172 g/mol. The van der Waals surface area contributed by atoms with Crippen LogP contribution in [0.1, 0.15) is 13.8 Å². The first-order valence-corrected chi connectivity index (χ1v) is 4.30. The minimum Gasteiger partial charge on any atom is -0.394 e. The molecule has 0 aliphatic rings. The fraction of sp³-hybridized carbons (Fsp3) is 0.875. The van der Waals surface area contributed by atoms with Crippen molar-refractivity contribution in [3.8, 4) is 0 Å². The first-order chi connectivity index (χ1) is 5.99. The number of primary amides is 1. The second-order valence-corrected chi connectivity index (χ2v) is 3.37. The predicted octanol–water partition coefficient (Wildman–Crippen LogP) is -1.56. The van der Waals surface area contributed by atoms with Gasteiger partial charge in [-0.25, -0.2) is 0 Å². The summed E-state index contributed by atoms with van der Waals surface area (Å²) in [4.78, 5) is 10.9. The summed E-state index contributed by atoms with van der Waals surface area (Å²) in [6, 6.07) is -0.457. The van der Waals surface area contributed by atoms with E-state index in [-0.39, 0.29) is 19.1 Å². The molecule has 0 aromatic rings. The quantitative estimate of drug-likeness (QED) is 0.407. The minimum absolute atomic E-state index is 0.0726. The number of hydrogen-bond acceptors (Lipinski definition) is 4. The number of aliphatic hydroxyl groups excluding tert-OH is 2. The van der Waals surface area contributed by atoms with Crippen molar-refractivity contribution in [2.45, 2.75) is 26.0 Å². The lowest BCUT2D eigenvalue weighted by atomic mass is 10.0. The average molecular weight is 190 g/mol. The molecule has 0 fully saturated rings. The zero-order valence-corrected chi connectivity index (χ0v) is 8.03. The Balaban J connectivity index is 3.90. The number of aliphatic hydroxyl groups is 2. The summed E-state index contributed by atoms with van der Waals surface area (Å²) in [7, 11) is 0. The second kappa shape index (κ2) is 5.90. The van der Waals surface area contributed by atoms with E-state index in [0.717, 1.165) is 0 Å². The third kappa shape index (κ3) is 4.82. The molecule has 0 aliphatic heterocycles. The minimum atomic E-state index is -0.847. The molecule has 5 N–H and O–H groups in total. The molecule has 0 radical (unpaired) electrons. The van der Waals surface area contributed by atoms with Crippen LogP contribution >= 0.6 is 0 Å². The molecule has 78 valence electrons. The van der Waals surface area contributed by atoms with E-state index in [1.54, 1.807) is 0 Å². The Labute approximate surface area is 77.9 Å². The molecule has 0 spiro atoms. The molecule has 2 atom stereocenters. The van der Waals surface area contributed by atoms with Crippen LogP contribution in [0, 0.1) is 5.92 Å². The summed E-state index contributed by atoms with van der Waals surface area (Å²) in [5.74, 6) is -0.372.